The minimum atomic E-state index is -0.00117. The quantitative estimate of drug-likeness (QED) is 0.394. The number of carbonyl (C=O) groups excluding carboxylic acids is 1. The van der Waals surface area contributed by atoms with Crippen molar-refractivity contribution in [3.8, 4) is 0 Å². The molecule has 24 heavy (non-hydrogen) atoms. The molecule has 1 aromatic heterocycles. The van der Waals surface area contributed by atoms with Crippen LogP contribution in [0.2, 0.25) is 5.15 Å². The average Bonchev–Trinajstić information content (AvgIpc) is 2.61. The minimum absolute atomic E-state index is 0.00117. The summed E-state index contributed by atoms with van der Waals surface area (Å²) < 4.78 is 1.02. The molecule has 3 aromatic rings. The summed E-state index contributed by atoms with van der Waals surface area (Å²) in [6, 6.07) is 21.5. The zero-order valence-corrected chi connectivity index (χ0v) is 15.2. The molecular formula is C20H15BrClNO. The Hall–Kier alpha value is -1.97. The number of aromatic nitrogens is 1. The SMILES string of the molecule is O=C(CC(c1ccccc1)c1ccc(Br)cc1)c1ccnc(Cl)c1. The predicted molar refractivity (Wildman–Crippen MR) is 101 cm³/mol. The highest BCUT2D eigenvalue weighted by Gasteiger charge is 2.19. The Kier molecular flexibility index (Phi) is 5.44. The molecule has 0 N–H and O–H groups in total. The molecule has 0 bridgehead atoms. The summed E-state index contributed by atoms with van der Waals surface area (Å²) in [5, 5.41) is 0.334. The molecule has 0 saturated carbocycles. The lowest BCUT2D eigenvalue weighted by atomic mass is 9.86. The fourth-order valence-corrected chi connectivity index (χ4v) is 3.13. The van der Waals surface area contributed by atoms with Crippen molar-refractivity contribution >= 4 is 33.3 Å². The monoisotopic (exact) mass is 399 g/mol. The van der Waals surface area contributed by atoms with Gasteiger partial charge in [-0.15, -0.1) is 0 Å². The van der Waals surface area contributed by atoms with Crippen LogP contribution in [-0.4, -0.2) is 10.8 Å². The van der Waals surface area contributed by atoms with Crippen LogP contribution in [0.4, 0.5) is 0 Å². The van der Waals surface area contributed by atoms with Gasteiger partial charge in [-0.1, -0.05) is 70.0 Å². The number of ketones is 1. The van der Waals surface area contributed by atoms with Gasteiger partial charge in [-0.25, -0.2) is 4.98 Å². The van der Waals surface area contributed by atoms with Crippen molar-refractivity contribution in [2.45, 2.75) is 12.3 Å². The molecule has 0 aliphatic heterocycles. The largest absolute Gasteiger partial charge is 0.294 e. The van der Waals surface area contributed by atoms with E-state index < -0.39 is 0 Å². The molecule has 120 valence electrons. The number of hydrogen-bond donors (Lipinski definition) is 0. The van der Waals surface area contributed by atoms with Crippen LogP contribution in [0, 0.1) is 0 Å². The van der Waals surface area contributed by atoms with Crippen molar-refractivity contribution in [2.75, 3.05) is 0 Å². The maximum absolute atomic E-state index is 12.7. The van der Waals surface area contributed by atoms with E-state index in [9.17, 15) is 4.79 Å². The smallest absolute Gasteiger partial charge is 0.163 e. The second-order valence-electron chi connectivity index (χ2n) is 5.51. The highest BCUT2D eigenvalue weighted by atomic mass is 79.9. The summed E-state index contributed by atoms with van der Waals surface area (Å²) in [7, 11) is 0. The second kappa shape index (κ2) is 7.73. The van der Waals surface area contributed by atoms with Crippen molar-refractivity contribution in [1.29, 1.82) is 0 Å². The fourth-order valence-electron chi connectivity index (χ4n) is 2.69. The third-order valence-electron chi connectivity index (χ3n) is 3.91. The van der Waals surface area contributed by atoms with Crippen LogP contribution in [0.15, 0.2) is 77.4 Å². The molecule has 0 spiro atoms. The maximum atomic E-state index is 12.7. The first kappa shape index (κ1) is 16.9. The molecule has 1 atom stereocenters. The molecule has 3 rings (SSSR count). The van der Waals surface area contributed by atoms with Crippen molar-refractivity contribution in [3.05, 3.63) is 99.2 Å². The summed E-state index contributed by atoms with van der Waals surface area (Å²) in [6.07, 6.45) is 1.94. The van der Waals surface area contributed by atoms with Gasteiger partial charge in [0.2, 0.25) is 0 Å². The van der Waals surface area contributed by atoms with Gasteiger partial charge in [-0.3, -0.25) is 4.79 Å². The van der Waals surface area contributed by atoms with Crippen LogP contribution >= 0.6 is 27.5 Å². The van der Waals surface area contributed by atoms with Crippen LogP contribution < -0.4 is 0 Å². The Morgan fingerprint density at radius 2 is 1.67 bits per heavy atom. The third kappa shape index (κ3) is 4.11. The molecular weight excluding hydrogens is 386 g/mol. The molecule has 1 unspecified atom stereocenters. The summed E-state index contributed by atoms with van der Waals surface area (Å²) >= 11 is 9.37. The van der Waals surface area contributed by atoms with Gasteiger partial charge in [0, 0.05) is 28.6 Å². The standard InChI is InChI=1S/C20H15BrClNO/c21-17-8-6-15(7-9-17)18(14-4-2-1-3-5-14)13-19(24)16-10-11-23-20(22)12-16/h1-12,18H,13H2. The van der Waals surface area contributed by atoms with Crippen molar-refractivity contribution in [3.63, 3.8) is 0 Å². The lowest BCUT2D eigenvalue weighted by Crippen LogP contribution is -2.09. The van der Waals surface area contributed by atoms with Crippen molar-refractivity contribution in [2.24, 2.45) is 0 Å². The molecule has 0 amide bonds. The molecule has 1 heterocycles. The summed E-state index contributed by atoms with van der Waals surface area (Å²) in [5.74, 6) is 0.0508. The van der Waals surface area contributed by atoms with E-state index in [1.807, 2.05) is 30.3 Å². The van der Waals surface area contributed by atoms with E-state index in [1.165, 1.54) is 0 Å². The van der Waals surface area contributed by atoms with Crippen LogP contribution in [0.5, 0.6) is 0 Å². The van der Waals surface area contributed by atoms with E-state index in [-0.39, 0.29) is 11.7 Å². The molecule has 2 nitrogen and oxygen atoms in total. The van der Waals surface area contributed by atoms with Crippen LogP contribution in [0.3, 0.4) is 0 Å². The molecule has 4 heteroatoms. The van der Waals surface area contributed by atoms with Gasteiger partial charge in [0.1, 0.15) is 5.15 Å². The number of halogens is 2. The number of benzene rings is 2. The summed E-state index contributed by atoms with van der Waals surface area (Å²) in [4.78, 5) is 16.7. The first-order chi connectivity index (χ1) is 11.6. The first-order valence-corrected chi connectivity index (χ1v) is 8.76. The Bertz CT molecular complexity index is 834. The van der Waals surface area contributed by atoms with Gasteiger partial charge in [0.05, 0.1) is 0 Å². The minimum Gasteiger partial charge on any atom is -0.294 e. The third-order valence-corrected chi connectivity index (χ3v) is 4.65. The predicted octanol–water partition coefficient (Wildman–Crippen LogP) is 5.90. The summed E-state index contributed by atoms with van der Waals surface area (Å²) in [6.45, 7) is 0. The average molecular weight is 401 g/mol. The van der Waals surface area contributed by atoms with Gasteiger partial charge in [0.15, 0.2) is 5.78 Å². The number of Topliss-reactive ketones (excluding diaryl/α,β-unsaturated/α-hetero) is 1. The van der Waals surface area contributed by atoms with Gasteiger partial charge >= 0.3 is 0 Å². The molecule has 0 saturated heterocycles. The highest BCUT2D eigenvalue weighted by Crippen LogP contribution is 2.30. The van der Waals surface area contributed by atoms with Crippen LogP contribution in [-0.2, 0) is 0 Å². The van der Waals surface area contributed by atoms with Crippen molar-refractivity contribution < 1.29 is 4.79 Å². The van der Waals surface area contributed by atoms with E-state index in [1.54, 1.807) is 18.3 Å². The highest BCUT2D eigenvalue weighted by molar-refractivity contribution is 9.10. The number of hydrogen-bond acceptors (Lipinski definition) is 2. The Morgan fingerprint density at radius 1 is 1.00 bits per heavy atom. The maximum Gasteiger partial charge on any atom is 0.163 e. The zero-order valence-electron chi connectivity index (χ0n) is 12.8. The van der Waals surface area contributed by atoms with Crippen LogP contribution in [0.1, 0.15) is 33.8 Å². The molecule has 0 fully saturated rings. The molecule has 2 aromatic carbocycles. The number of pyridine rings is 1. The molecule has 0 aliphatic carbocycles. The second-order valence-corrected chi connectivity index (χ2v) is 6.81. The van der Waals surface area contributed by atoms with Gasteiger partial charge in [-0.05, 0) is 35.4 Å². The van der Waals surface area contributed by atoms with Crippen molar-refractivity contribution in [1.82, 2.24) is 4.98 Å². The Balaban J connectivity index is 1.93. The normalized spacial score (nSPS) is 11.9. The number of nitrogens with zero attached hydrogens (tertiary/aromatic N) is 1. The zero-order chi connectivity index (χ0) is 16.9. The molecule has 0 aliphatic rings. The van der Waals surface area contributed by atoms with Gasteiger partial charge in [-0.2, -0.15) is 0 Å². The topological polar surface area (TPSA) is 30.0 Å². The Morgan fingerprint density at radius 3 is 2.33 bits per heavy atom. The fraction of sp³-hybridized carbons (Fsp3) is 0.100. The number of rotatable bonds is 5. The van der Waals surface area contributed by atoms with E-state index in [2.05, 4.69) is 45.2 Å². The molecule has 0 radical (unpaired) electrons. The van der Waals surface area contributed by atoms with E-state index in [0.29, 0.717) is 17.1 Å². The van der Waals surface area contributed by atoms with E-state index in [0.717, 1.165) is 15.6 Å². The lowest BCUT2D eigenvalue weighted by Gasteiger charge is -2.17. The summed E-state index contributed by atoms with van der Waals surface area (Å²) in [5.41, 5.74) is 2.82. The Labute approximate surface area is 154 Å². The van der Waals surface area contributed by atoms with E-state index in [4.69, 9.17) is 11.6 Å². The van der Waals surface area contributed by atoms with Gasteiger partial charge < -0.3 is 0 Å². The van der Waals surface area contributed by atoms with Gasteiger partial charge in [0.25, 0.3) is 0 Å². The number of carbonyl (C=O) groups is 1. The lowest BCUT2D eigenvalue weighted by molar-refractivity contribution is 0.0977. The van der Waals surface area contributed by atoms with Crippen LogP contribution in [0.25, 0.3) is 0 Å². The van der Waals surface area contributed by atoms with E-state index >= 15 is 0 Å². The first-order valence-electron chi connectivity index (χ1n) is 7.58.